The summed E-state index contributed by atoms with van der Waals surface area (Å²) in [6.45, 7) is 14.0. The molecule has 7 heterocycles. The van der Waals surface area contributed by atoms with E-state index in [-0.39, 0.29) is 64.1 Å². The zero-order valence-corrected chi connectivity index (χ0v) is 66.6. The van der Waals surface area contributed by atoms with Crippen molar-refractivity contribution in [2.75, 3.05) is 27.2 Å². The Morgan fingerprint density at radius 3 is 1.56 bits per heavy atom. The third-order valence-corrected chi connectivity index (χ3v) is 23.8. The molecule has 113 heavy (non-hydrogen) atoms. The normalized spacial score (nSPS) is 22.5. The van der Waals surface area contributed by atoms with Gasteiger partial charge in [0.05, 0.1) is 29.6 Å². The largest absolute Gasteiger partial charge is 0.487 e. The van der Waals surface area contributed by atoms with Crippen LogP contribution in [0.1, 0.15) is 140 Å². The average molecular weight is 1570 g/mol. The molecule has 1 aliphatic carbocycles. The van der Waals surface area contributed by atoms with Gasteiger partial charge in [-0.25, -0.2) is 17.9 Å². The van der Waals surface area contributed by atoms with Gasteiger partial charge in [0.25, 0.3) is 5.91 Å². The summed E-state index contributed by atoms with van der Waals surface area (Å²) in [4.78, 5) is 149. The van der Waals surface area contributed by atoms with Crippen LogP contribution in [0.4, 0.5) is 0 Å². The second-order valence-electron chi connectivity index (χ2n) is 32.8. The summed E-state index contributed by atoms with van der Waals surface area (Å²) in [6, 6.07) is 27.9. The predicted octanol–water partition coefficient (Wildman–Crippen LogP) is 5.43. The lowest BCUT2D eigenvalue weighted by atomic mass is 9.85. The smallest absolute Gasteiger partial charge is 0.326 e. The minimum atomic E-state index is -4.16. The highest BCUT2D eigenvalue weighted by Gasteiger charge is 2.49. The molecule has 1 saturated carbocycles. The fourth-order valence-electron chi connectivity index (χ4n) is 14.8. The quantitative estimate of drug-likeness (QED) is 0.0576. The van der Waals surface area contributed by atoms with Crippen molar-refractivity contribution >= 4 is 90.7 Å². The van der Waals surface area contributed by atoms with Gasteiger partial charge in [0.1, 0.15) is 66.4 Å². The molecule has 6 aromatic carbocycles. The molecule has 29 heteroatoms. The van der Waals surface area contributed by atoms with Gasteiger partial charge in [0.15, 0.2) is 0 Å². The molecule has 602 valence electrons. The second-order valence-corrected chi connectivity index (χ2v) is 34.8. The van der Waals surface area contributed by atoms with Crippen molar-refractivity contribution in [3.8, 4) is 5.75 Å². The fraction of sp³-hybridized carbons (Fsp3) is 0.476. The number of carboxylic acid groups (broad SMARTS) is 1. The highest BCUT2D eigenvalue weighted by atomic mass is 32.2. The van der Waals surface area contributed by atoms with Crippen molar-refractivity contribution in [2.24, 2.45) is 16.7 Å². The zero-order valence-electron chi connectivity index (χ0n) is 65.8. The Labute approximate surface area is 659 Å². The Bertz CT molecular complexity index is 4770. The van der Waals surface area contributed by atoms with Gasteiger partial charge >= 0.3 is 5.97 Å². The minimum Gasteiger partial charge on any atom is -0.487 e. The number of hydrogen-bond acceptors (Lipinski definition) is 17. The second kappa shape index (κ2) is 36.0. The third kappa shape index (κ3) is 21.4. The van der Waals surface area contributed by atoms with Crippen LogP contribution < -0.4 is 52.0 Å². The van der Waals surface area contributed by atoms with Crippen molar-refractivity contribution in [1.82, 2.24) is 72.1 Å². The van der Waals surface area contributed by atoms with Crippen LogP contribution >= 0.6 is 0 Å². The highest BCUT2D eigenvalue weighted by Crippen LogP contribution is 2.35. The first-order valence-corrected chi connectivity index (χ1v) is 40.5. The number of fused-ring (bicyclic) bond motifs is 2. The van der Waals surface area contributed by atoms with E-state index in [9.17, 15) is 37.5 Å². The molecule has 3 fully saturated rings. The number of nitrogens with one attached hydrogen (secondary N) is 9. The summed E-state index contributed by atoms with van der Waals surface area (Å²) in [5.41, 5.74) is 1.90. The maximum absolute atomic E-state index is 15.4. The molecule has 7 aromatic rings. The molecule has 6 aliphatic heterocycles. The molecule has 1 unspecified atom stereocenters. The summed E-state index contributed by atoms with van der Waals surface area (Å²) in [5, 5.41) is 45.6. The summed E-state index contributed by atoms with van der Waals surface area (Å²) in [7, 11) is -0.915. The van der Waals surface area contributed by atoms with Gasteiger partial charge in [-0.05, 0) is 145 Å². The molecule has 14 rings (SSSR count). The van der Waals surface area contributed by atoms with E-state index in [4.69, 9.17) is 4.74 Å². The number of likely N-dealkylation sites (N-methyl/N-ethyl adjacent to an activating group) is 2. The van der Waals surface area contributed by atoms with Gasteiger partial charge in [-0.2, -0.15) is 0 Å². The molecule has 2 saturated heterocycles. The Balaban J connectivity index is 0.929. The number of aryl methyl sites for hydroxylation is 1. The van der Waals surface area contributed by atoms with Crippen LogP contribution in [0.15, 0.2) is 140 Å². The molecule has 12 atom stereocenters. The third-order valence-electron chi connectivity index (χ3n) is 22.0. The Morgan fingerprint density at radius 2 is 1.05 bits per heavy atom. The van der Waals surface area contributed by atoms with Crippen LogP contribution in [0.25, 0.3) is 21.5 Å². The number of aliphatic carboxylic acids is 1. The van der Waals surface area contributed by atoms with Gasteiger partial charge in [0, 0.05) is 45.2 Å². The van der Waals surface area contributed by atoms with E-state index in [1.165, 1.54) is 14.5 Å². The number of benzene rings is 6. The molecule has 1 aromatic heterocycles. The fourth-order valence-corrected chi connectivity index (χ4v) is 16.2. The van der Waals surface area contributed by atoms with Crippen molar-refractivity contribution in [3.05, 3.63) is 173 Å². The molecule has 10 bridgehead atoms. The number of rotatable bonds is 16. The lowest BCUT2D eigenvalue weighted by Crippen LogP contribution is -2.61. The lowest BCUT2D eigenvalue weighted by Gasteiger charge is -2.36. The molecule has 10 N–H and O–H groups in total. The molecule has 0 radical (unpaired) electrons. The van der Waals surface area contributed by atoms with Gasteiger partial charge in [-0.1, -0.05) is 175 Å². The number of aromatic nitrogens is 3. The number of amides is 9. The standard InChI is InChI=1S/C84H106N14O14S/c1-49(85-9)73(99)91-71(83(3,4)5)80(106)96-45-56-18-12-11-17-51-23-25-52(26-24-51)40-68(82(108)109)90-76(102)66(42-55-28-32-58-20-14-16-22-60(58)38-55)89-79(105)70-44-62(47-97(70)81(107)72(84(6,7)8)92-74(100)50(2)86-10)98-46-61(93-95-98)48-112-63-33-29-53(30-34-63)39-67(77(103)94-113(110,111)64-35-36-64)87-75(101)65(88-78(104)69(96)43-56)41-54-27-31-57-19-13-15-21-59(57)37-54/h13-16,19-34,37-38,46,49-50,56,62,64-72,85-86H,11-12,17-18,35-36,39-45,47-48H2,1-10H3,(H,87,101)(H,88,104)(H,89,105)(H,90,102)(H,91,99)(H,92,100)(H,94,103)(H,108,109)/t49-,50-,56-,62?,65-,66-,67-,68-,69-,70-,71+,72+/m0/s1. The monoisotopic (exact) mass is 1570 g/mol. The molecular formula is C84H106N14O14S. The highest BCUT2D eigenvalue weighted by molar-refractivity contribution is 7.91. The summed E-state index contributed by atoms with van der Waals surface area (Å²) in [6.07, 6.45) is 4.40. The first kappa shape index (κ1) is 83.3. The van der Waals surface area contributed by atoms with E-state index in [0.717, 1.165) is 27.1 Å². The van der Waals surface area contributed by atoms with Crippen LogP contribution in [0, 0.1) is 16.7 Å². The van der Waals surface area contributed by atoms with E-state index >= 15 is 24.0 Å². The zero-order chi connectivity index (χ0) is 81.2. The minimum absolute atomic E-state index is 0.0371. The number of ether oxygens (including phenoxy) is 1. The summed E-state index contributed by atoms with van der Waals surface area (Å²) in [5.74, 6) is -7.17. The maximum atomic E-state index is 15.4. The number of nitrogens with zero attached hydrogens (tertiary/aromatic N) is 5. The number of carbonyl (C=O) groups is 10. The van der Waals surface area contributed by atoms with E-state index < -0.39 is 152 Å². The van der Waals surface area contributed by atoms with E-state index in [1.807, 2.05) is 118 Å². The van der Waals surface area contributed by atoms with Crippen LogP contribution in [-0.2, 0) is 96.7 Å². The Hall–Kier alpha value is -10.6. The summed E-state index contributed by atoms with van der Waals surface area (Å²) >= 11 is 0. The van der Waals surface area contributed by atoms with Crippen LogP contribution in [-0.4, -0.2) is 190 Å². The molecular weight excluding hydrogens is 1460 g/mol. The Kier molecular flexibility index (Phi) is 26.5. The predicted molar refractivity (Wildman–Crippen MR) is 426 cm³/mol. The number of likely N-dealkylation sites (tertiary alicyclic amines) is 2. The van der Waals surface area contributed by atoms with E-state index in [1.54, 1.807) is 91.3 Å². The van der Waals surface area contributed by atoms with E-state index in [0.29, 0.717) is 72.2 Å². The lowest BCUT2D eigenvalue weighted by molar-refractivity contribution is -0.145. The van der Waals surface area contributed by atoms with Crippen molar-refractivity contribution in [2.45, 2.75) is 211 Å². The number of carboxylic acids is 1. The van der Waals surface area contributed by atoms with Crippen LogP contribution in [0.5, 0.6) is 5.75 Å². The molecule has 7 aliphatic rings. The topological polar surface area (TPSA) is 380 Å². The number of hydrogen-bond donors (Lipinski definition) is 10. The van der Waals surface area contributed by atoms with Crippen molar-refractivity contribution < 1.29 is 66.2 Å². The van der Waals surface area contributed by atoms with Gasteiger partial charge in [0.2, 0.25) is 57.3 Å². The van der Waals surface area contributed by atoms with Gasteiger partial charge in [-0.15, -0.1) is 5.10 Å². The van der Waals surface area contributed by atoms with Gasteiger partial charge in [-0.3, -0.25) is 47.9 Å². The van der Waals surface area contributed by atoms with Crippen LogP contribution in [0.2, 0.25) is 0 Å². The van der Waals surface area contributed by atoms with Crippen molar-refractivity contribution in [3.63, 3.8) is 0 Å². The molecule has 28 nitrogen and oxygen atoms in total. The SMILES string of the molecule is CN[C@@H](C)C(=O)N[C@H](C(=O)N1CC2C[C@H]1C(=O)N[C@@H](Cc1ccc3ccccc3c1)C(=O)N[C@H](C(=O)O)Cc1ccc(cc1)CCCC[C@H]1C[C@@H](C(=O)N[C@@H](Cc3ccc4ccccc4c3)C(=O)N[C@H](C(=O)NS(=O)(=O)C3CC3)Cc3ccc(cc3)OCc3cn2nn3)N(C(=O)[C@@H](NC(=O)[C@H](C)NC)C(C)(C)C)C1)C(C)(C)C. The first-order chi connectivity index (χ1) is 53.7. The van der Waals surface area contributed by atoms with E-state index in [2.05, 4.69) is 57.6 Å². The summed E-state index contributed by atoms with van der Waals surface area (Å²) < 4.78 is 37.0. The molecule has 9 amide bonds. The number of sulfonamides is 1. The van der Waals surface area contributed by atoms with Crippen LogP contribution in [0.3, 0.4) is 0 Å². The van der Waals surface area contributed by atoms with Gasteiger partial charge < -0.3 is 62.2 Å². The first-order valence-electron chi connectivity index (χ1n) is 38.9. The Morgan fingerprint density at radius 1 is 0.575 bits per heavy atom. The maximum Gasteiger partial charge on any atom is 0.326 e. The molecule has 0 spiro atoms. The number of carbonyl (C=O) groups excluding carboxylic acids is 9. The van der Waals surface area contributed by atoms with Crippen molar-refractivity contribution in [1.29, 1.82) is 0 Å². The average Bonchev–Trinajstić information content (AvgIpc) is 1.67.